The summed E-state index contributed by atoms with van der Waals surface area (Å²) < 4.78 is 4.15. The van der Waals surface area contributed by atoms with Crippen LogP contribution in [0, 0.1) is 20.8 Å². The van der Waals surface area contributed by atoms with Crippen LogP contribution in [0.15, 0.2) is 54.2 Å². The number of Topliss-reactive ketones (excluding diaryl/α,β-unsaturated/α-hetero) is 1. The lowest BCUT2D eigenvalue weighted by Crippen LogP contribution is -2.08. The van der Waals surface area contributed by atoms with Gasteiger partial charge >= 0.3 is 0 Å². The van der Waals surface area contributed by atoms with Gasteiger partial charge in [-0.05, 0) is 32.4 Å². The van der Waals surface area contributed by atoms with Crippen molar-refractivity contribution < 1.29 is 4.79 Å². The number of ketones is 1. The molecule has 0 spiro atoms. The molecule has 3 aromatic rings. The van der Waals surface area contributed by atoms with Gasteiger partial charge in [-0.2, -0.15) is 0 Å². The monoisotopic (exact) mass is 380 g/mol. The minimum atomic E-state index is 0.107. The van der Waals surface area contributed by atoms with Crippen LogP contribution in [0.1, 0.15) is 33.1 Å². The zero-order valence-corrected chi connectivity index (χ0v) is 16.8. The summed E-state index contributed by atoms with van der Waals surface area (Å²) in [6.45, 7) is 11.1. The minimum Gasteiger partial charge on any atom is -0.345 e. The minimum absolute atomic E-state index is 0.107. The number of hydrogen-bond acceptors (Lipinski definition) is 4. The van der Waals surface area contributed by atoms with Gasteiger partial charge in [-0.25, -0.2) is 0 Å². The number of thioether (sulfide) groups is 1. The van der Waals surface area contributed by atoms with Crippen LogP contribution in [-0.2, 0) is 13.1 Å². The van der Waals surface area contributed by atoms with E-state index in [1.807, 2.05) is 55.7 Å². The first-order chi connectivity index (χ1) is 13.0. The Bertz CT molecular complexity index is 956. The van der Waals surface area contributed by atoms with Gasteiger partial charge in [0, 0.05) is 23.5 Å². The van der Waals surface area contributed by atoms with E-state index < -0.39 is 0 Å². The molecule has 27 heavy (non-hydrogen) atoms. The maximum absolute atomic E-state index is 12.8. The molecule has 0 atom stereocenters. The highest BCUT2D eigenvalue weighted by molar-refractivity contribution is 7.99. The molecule has 0 saturated heterocycles. The molecule has 0 fully saturated rings. The predicted octanol–water partition coefficient (Wildman–Crippen LogP) is 4.21. The van der Waals surface area contributed by atoms with Gasteiger partial charge in [0.25, 0.3) is 0 Å². The fourth-order valence-corrected chi connectivity index (χ4v) is 3.98. The highest BCUT2D eigenvalue weighted by Gasteiger charge is 2.17. The Balaban J connectivity index is 1.73. The van der Waals surface area contributed by atoms with Crippen molar-refractivity contribution in [2.24, 2.45) is 0 Å². The molecule has 0 N–H and O–H groups in total. The van der Waals surface area contributed by atoms with E-state index >= 15 is 0 Å². The molecule has 0 unspecified atom stereocenters. The molecule has 2 aromatic heterocycles. The van der Waals surface area contributed by atoms with Gasteiger partial charge < -0.3 is 9.13 Å². The third kappa shape index (κ3) is 4.22. The third-order valence-corrected chi connectivity index (χ3v) is 5.57. The Morgan fingerprint density at radius 1 is 1.15 bits per heavy atom. The molecular weight excluding hydrogens is 356 g/mol. The highest BCUT2D eigenvalue weighted by atomic mass is 32.2. The number of allylic oxidation sites excluding steroid dienone is 1. The van der Waals surface area contributed by atoms with Gasteiger partial charge in [0.2, 0.25) is 0 Å². The summed E-state index contributed by atoms with van der Waals surface area (Å²) in [7, 11) is 0. The highest BCUT2D eigenvalue weighted by Crippen LogP contribution is 2.22. The van der Waals surface area contributed by atoms with Crippen LogP contribution in [0.25, 0.3) is 0 Å². The van der Waals surface area contributed by atoms with E-state index in [2.05, 4.69) is 33.5 Å². The molecule has 5 nitrogen and oxygen atoms in total. The molecule has 1 aromatic carbocycles. The van der Waals surface area contributed by atoms with E-state index in [1.54, 1.807) is 0 Å². The lowest BCUT2D eigenvalue weighted by atomic mass is 10.2. The summed E-state index contributed by atoms with van der Waals surface area (Å²) >= 11 is 1.44. The fourth-order valence-electron chi connectivity index (χ4n) is 3.12. The van der Waals surface area contributed by atoms with Gasteiger partial charge in [0.05, 0.1) is 12.3 Å². The zero-order valence-electron chi connectivity index (χ0n) is 16.0. The number of nitrogens with zero attached hydrogens (tertiary/aromatic N) is 4. The summed E-state index contributed by atoms with van der Waals surface area (Å²) in [5, 5.41) is 9.21. The normalized spacial score (nSPS) is 10.9. The quantitative estimate of drug-likeness (QED) is 0.334. The van der Waals surface area contributed by atoms with E-state index in [9.17, 15) is 4.79 Å². The molecule has 0 radical (unpaired) electrons. The molecule has 0 aliphatic carbocycles. The molecule has 6 heteroatoms. The first-order valence-corrected chi connectivity index (χ1v) is 9.87. The van der Waals surface area contributed by atoms with Crippen molar-refractivity contribution in [1.82, 2.24) is 19.3 Å². The molecule has 140 valence electrons. The largest absolute Gasteiger partial charge is 0.345 e. The van der Waals surface area contributed by atoms with Crippen molar-refractivity contribution in [3.8, 4) is 0 Å². The average Bonchev–Trinajstić information content (AvgIpc) is 3.15. The smallest absolute Gasteiger partial charge is 0.191 e. The molecule has 2 heterocycles. The van der Waals surface area contributed by atoms with E-state index in [0.29, 0.717) is 18.8 Å². The van der Waals surface area contributed by atoms with Crippen LogP contribution < -0.4 is 0 Å². The van der Waals surface area contributed by atoms with Crippen LogP contribution in [-0.4, -0.2) is 30.9 Å². The molecule has 3 rings (SSSR count). The van der Waals surface area contributed by atoms with Crippen molar-refractivity contribution >= 4 is 17.5 Å². The summed E-state index contributed by atoms with van der Waals surface area (Å²) in [6, 6.07) is 12.1. The number of aryl methyl sites for hydroxylation is 2. The Hall–Kier alpha value is -2.60. The second-order valence-electron chi connectivity index (χ2n) is 6.50. The average molecular weight is 381 g/mol. The third-order valence-electron chi connectivity index (χ3n) is 4.60. The maximum Gasteiger partial charge on any atom is 0.191 e. The van der Waals surface area contributed by atoms with Gasteiger partial charge in [-0.15, -0.1) is 16.8 Å². The van der Waals surface area contributed by atoms with E-state index in [1.165, 1.54) is 17.3 Å². The molecule has 0 aliphatic rings. The number of benzene rings is 1. The van der Waals surface area contributed by atoms with Crippen LogP contribution in [0.4, 0.5) is 0 Å². The maximum atomic E-state index is 12.8. The lowest BCUT2D eigenvalue weighted by Gasteiger charge is -2.08. The van der Waals surface area contributed by atoms with Crippen molar-refractivity contribution in [3.05, 3.63) is 77.4 Å². The van der Waals surface area contributed by atoms with Crippen LogP contribution in [0.3, 0.4) is 0 Å². The van der Waals surface area contributed by atoms with E-state index in [4.69, 9.17) is 0 Å². The van der Waals surface area contributed by atoms with Crippen molar-refractivity contribution in [3.63, 3.8) is 0 Å². The zero-order chi connectivity index (χ0) is 19.4. The molecular formula is C21H24N4OS. The molecule has 0 aliphatic heterocycles. The summed E-state index contributed by atoms with van der Waals surface area (Å²) in [5.41, 5.74) is 4.01. The van der Waals surface area contributed by atoms with Crippen LogP contribution in [0.5, 0.6) is 0 Å². The SMILES string of the molecule is C=CCn1c(C)cc(C(=O)CSc2nnc(C)n2Cc2ccccc2)c1C. The van der Waals surface area contributed by atoms with Gasteiger partial charge in [0.1, 0.15) is 5.82 Å². The second-order valence-corrected chi connectivity index (χ2v) is 7.44. The summed E-state index contributed by atoms with van der Waals surface area (Å²) in [6.07, 6.45) is 1.85. The number of hydrogen-bond donors (Lipinski definition) is 0. The fraction of sp³-hybridized carbons (Fsp3) is 0.286. The predicted molar refractivity (Wildman–Crippen MR) is 109 cm³/mol. The Morgan fingerprint density at radius 3 is 2.59 bits per heavy atom. The topological polar surface area (TPSA) is 52.7 Å². The van der Waals surface area contributed by atoms with Gasteiger partial charge in [-0.3, -0.25) is 4.79 Å². The summed E-state index contributed by atoms with van der Waals surface area (Å²) in [4.78, 5) is 12.8. The van der Waals surface area contributed by atoms with Crippen molar-refractivity contribution in [2.75, 3.05) is 5.75 Å². The Kier molecular flexibility index (Phi) is 5.96. The number of aromatic nitrogens is 4. The first kappa shape index (κ1) is 19.2. The van der Waals surface area contributed by atoms with Crippen molar-refractivity contribution in [1.29, 1.82) is 0 Å². The van der Waals surface area contributed by atoms with Gasteiger partial charge in [-0.1, -0.05) is 48.2 Å². The van der Waals surface area contributed by atoms with Crippen LogP contribution >= 0.6 is 11.8 Å². The molecule has 0 saturated carbocycles. The number of carbonyl (C=O) groups is 1. The van der Waals surface area contributed by atoms with Gasteiger partial charge in [0.15, 0.2) is 10.9 Å². The molecule has 0 bridgehead atoms. The first-order valence-electron chi connectivity index (χ1n) is 8.88. The molecule has 0 amide bonds. The van der Waals surface area contributed by atoms with Crippen LogP contribution in [0.2, 0.25) is 0 Å². The van der Waals surface area contributed by atoms with E-state index in [-0.39, 0.29) is 5.78 Å². The summed E-state index contributed by atoms with van der Waals surface area (Å²) in [5.74, 6) is 1.29. The Labute approximate surface area is 164 Å². The second kappa shape index (κ2) is 8.39. The number of carbonyl (C=O) groups excluding carboxylic acids is 1. The standard InChI is InChI=1S/C21H24N4OS/c1-5-11-24-15(2)12-19(16(24)3)20(26)14-27-21-23-22-17(4)25(21)13-18-9-7-6-8-10-18/h5-10,12H,1,11,13-14H2,2-4H3. The van der Waals surface area contributed by atoms with Crippen molar-refractivity contribution in [2.45, 2.75) is 39.0 Å². The Morgan fingerprint density at radius 2 is 1.89 bits per heavy atom. The lowest BCUT2D eigenvalue weighted by molar-refractivity contribution is 0.102. The number of rotatable bonds is 8. The van der Waals surface area contributed by atoms with E-state index in [0.717, 1.165) is 27.9 Å².